The number of halogens is 1. The second kappa shape index (κ2) is 6.27. The Bertz CT molecular complexity index is 626. The second-order valence-corrected chi connectivity index (χ2v) is 5.79. The molecule has 108 valence electrons. The van der Waals surface area contributed by atoms with Gasteiger partial charge in [-0.25, -0.2) is 0 Å². The Kier molecular flexibility index (Phi) is 4.20. The van der Waals surface area contributed by atoms with Crippen LogP contribution < -0.4 is 0 Å². The van der Waals surface area contributed by atoms with Crippen LogP contribution in [0.5, 0.6) is 0 Å². The summed E-state index contributed by atoms with van der Waals surface area (Å²) in [6.07, 6.45) is 6.11. The van der Waals surface area contributed by atoms with Crippen molar-refractivity contribution in [3.63, 3.8) is 0 Å². The fourth-order valence-corrected chi connectivity index (χ4v) is 2.60. The molecule has 0 N–H and O–H groups in total. The first-order valence-electron chi connectivity index (χ1n) is 7.16. The van der Waals surface area contributed by atoms with Crippen LogP contribution in [0.25, 0.3) is 0 Å². The smallest absolute Gasteiger partial charge is 0.227 e. The summed E-state index contributed by atoms with van der Waals surface area (Å²) in [6.45, 7) is 0.627. The number of nitrogens with zero attached hydrogens (tertiary/aromatic N) is 2. The van der Waals surface area contributed by atoms with E-state index < -0.39 is 0 Å². The number of rotatable bonds is 5. The Balaban J connectivity index is 1.72. The molecule has 3 nitrogen and oxygen atoms in total. The fraction of sp³-hybridized carbons (Fsp3) is 0.294. The highest BCUT2D eigenvalue weighted by Gasteiger charge is 2.32. The van der Waals surface area contributed by atoms with E-state index in [1.807, 2.05) is 47.5 Å². The Morgan fingerprint density at radius 3 is 2.71 bits per heavy atom. The molecular weight excluding hydrogens is 284 g/mol. The normalized spacial score (nSPS) is 14.0. The topological polar surface area (TPSA) is 33.2 Å². The summed E-state index contributed by atoms with van der Waals surface area (Å²) in [6, 6.07) is 11.8. The van der Waals surface area contributed by atoms with Gasteiger partial charge in [-0.05, 0) is 36.1 Å². The quantitative estimate of drug-likeness (QED) is 0.847. The van der Waals surface area contributed by atoms with Gasteiger partial charge in [0, 0.05) is 30.0 Å². The highest BCUT2D eigenvalue weighted by Crippen LogP contribution is 2.29. The van der Waals surface area contributed by atoms with Gasteiger partial charge in [0.25, 0.3) is 0 Å². The Morgan fingerprint density at radius 2 is 2.05 bits per heavy atom. The van der Waals surface area contributed by atoms with E-state index in [9.17, 15) is 4.79 Å². The van der Waals surface area contributed by atoms with Gasteiger partial charge >= 0.3 is 0 Å². The number of carbonyl (C=O) groups is 1. The van der Waals surface area contributed by atoms with Crippen molar-refractivity contribution in [2.24, 2.45) is 0 Å². The standard InChI is InChI=1S/C17H17ClN2O/c18-16-6-2-1-5-14(16)10-17(21)20(15-7-8-15)12-13-4-3-9-19-11-13/h1-6,9,11,15H,7-8,10,12H2. The predicted molar refractivity (Wildman–Crippen MR) is 83.0 cm³/mol. The molecule has 1 aromatic heterocycles. The molecule has 1 aliphatic carbocycles. The van der Waals surface area contributed by atoms with Crippen molar-refractivity contribution >= 4 is 17.5 Å². The number of carbonyl (C=O) groups excluding carboxylic acids is 1. The molecule has 1 aliphatic rings. The molecule has 0 unspecified atom stereocenters. The summed E-state index contributed by atoms with van der Waals surface area (Å²) in [5.41, 5.74) is 1.96. The maximum Gasteiger partial charge on any atom is 0.227 e. The zero-order valence-corrected chi connectivity index (χ0v) is 12.5. The van der Waals surface area contributed by atoms with Gasteiger partial charge in [0.15, 0.2) is 0 Å². The van der Waals surface area contributed by atoms with Gasteiger partial charge in [-0.3, -0.25) is 9.78 Å². The van der Waals surface area contributed by atoms with E-state index in [1.165, 1.54) is 0 Å². The maximum atomic E-state index is 12.6. The van der Waals surface area contributed by atoms with Crippen LogP contribution in [0.15, 0.2) is 48.8 Å². The third kappa shape index (κ3) is 3.61. The first-order chi connectivity index (χ1) is 10.2. The Hall–Kier alpha value is -1.87. The van der Waals surface area contributed by atoms with Crippen molar-refractivity contribution < 1.29 is 4.79 Å². The van der Waals surface area contributed by atoms with Gasteiger partial charge in [0.1, 0.15) is 0 Å². The number of hydrogen-bond donors (Lipinski definition) is 0. The molecule has 1 amide bonds. The molecule has 1 fully saturated rings. The molecule has 0 spiro atoms. The molecule has 0 bridgehead atoms. The van der Waals surface area contributed by atoms with E-state index in [4.69, 9.17) is 11.6 Å². The average molecular weight is 301 g/mol. The average Bonchev–Trinajstić information content (AvgIpc) is 3.33. The molecular formula is C17H17ClN2O. The minimum absolute atomic E-state index is 0.134. The number of hydrogen-bond acceptors (Lipinski definition) is 2. The monoisotopic (exact) mass is 300 g/mol. The van der Waals surface area contributed by atoms with Crippen molar-refractivity contribution in [2.45, 2.75) is 31.8 Å². The molecule has 3 rings (SSSR count). The van der Waals surface area contributed by atoms with Crippen LogP contribution in [0.4, 0.5) is 0 Å². The molecule has 0 radical (unpaired) electrons. The van der Waals surface area contributed by atoms with E-state index in [0.29, 0.717) is 24.0 Å². The summed E-state index contributed by atoms with van der Waals surface area (Å²) in [5.74, 6) is 0.134. The Labute approximate surface area is 129 Å². The lowest BCUT2D eigenvalue weighted by Gasteiger charge is -2.22. The molecule has 1 saturated carbocycles. The van der Waals surface area contributed by atoms with Gasteiger partial charge in [-0.1, -0.05) is 35.9 Å². The van der Waals surface area contributed by atoms with E-state index in [2.05, 4.69) is 4.98 Å². The minimum Gasteiger partial charge on any atom is -0.335 e. The molecule has 21 heavy (non-hydrogen) atoms. The van der Waals surface area contributed by atoms with Gasteiger partial charge in [0.2, 0.25) is 5.91 Å². The lowest BCUT2D eigenvalue weighted by atomic mass is 10.1. The molecule has 1 heterocycles. The Morgan fingerprint density at radius 1 is 1.24 bits per heavy atom. The molecule has 1 aromatic carbocycles. The van der Waals surface area contributed by atoms with Gasteiger partial charge in [-0.2, -0.15) is 0 Å². The van der Waals surface area contributed by atoms with Crippen molar-refractivity contribution in [2.75, 3.05) is 0 Å². The summed E-state index contributed by atoms with van der Waals surface area (Å²) >= 11 is 6.15. The number of benzene rings is 1. The van der Waals surface area contributed by atoms with Crippen LogP contribution in [0, 0.1) is 0 Å². The van der Waals surface area contributed by atoms with E-state index in [-0.39, 0.29) is 5.91 Å². The number of amides is 1. The lowest BCUT2D eigenvalue weighted by molar-refractivity contribution is -0.131. The molecule has 0 saturated heterocycles. The predicted octanol–water partition coefficient (Wildman–Crippen LogP) is 3.47. The van der Waals surface area contributed by atoms with Crippen LogP contribution in [0.3, 0.4) is 0 Å². The number of aromatic nitrogens is 1. The summed E-state index contributed by atoms with van der Waals surface area (Å²) in [5, 5.41) is 0.656. The molecule has 4 heteroatoms. The first-order valence-corrected chi connectivity index (χ1v) is 7.53. The van der Waals surface area contributed by atoms with Crippen LogP contribution in [0.1, 0.15) is 24.0 Å². The molecule has 0 aliphatic heterocycles. The third-order valence-electron chi connectivity index (χ3n) is 3.68. The molecule has 2 aromatic rings. The van der Waals surface area contributed by atoms with Crippen LogP contribution in [0.2, 0.25) is 5.02 Å². The summed E-state index contributed by atoms with van der Waals surface area (Å²) in [7, 11) is 0. The van der Waals surface area contributed by atoms with E-state index in [1.54, 1.807) is 6.20 Å². The van der Waals surface area contributed by atoms with Crippen molar-refractivity contribution in [1.82, 2.24) is 9.88 Å². The van der Waals surface area contributed by atoms with Crippen LogP contribution >= 0.6 is 11.6 Å². The lowest BCUT2D eigenvalue weighted by Crippen LogP contribution is -2.33. The van der Waals surface area contributed by atoms with Crippen LogP contribution in [-0.4, -0.2) is 21.8 Å². The SMILES string of the molecule is O=C(Cc1ccccc1Cl)N(Cc1cccnc1)C1CC1. The van der Waals surface area contributed by atoms with Gasteiger partial charge < -0.3 is 4.90 Å². The van der Waals surface area contributed by atoms with Gasteiger partial charge in [-0.15, -0.1) is 0 Å². The first kappa shape index (κ1) is 14.1. The third-order valence-corrected chi connectivity index (χ3v) is 4.05. The summed E-state index contributed by atoms with van der Waals surface area (Å²) < 4.78 is 0. The zero-order chi connectivity index (χ0) is 14.7. The van der Waals surface area contributed by atoms with Crippen molar-refractivity contribution in [3.8, 4) is 0 Å². The van der Waals surface area contributed by atoms with Gasteiger partial charge in [0.05, 0.1) is 6.42 Å². The summed E-state index contributed by atoms with van der Waals surface area (Å²) in [4.78, 5) is 18.7. The fourth-order valence-electron chi connectivity index (χ4n) is 2.40. The largest absolute Gasteiger partial charge is 0.335 e. The second-order valence-electron chi connectivity index (χ2n) is 5.38. The number of pyridine rings is 1. The molecule has 0 atom stereocenters. The van der Waals surface area contributed by atoms with Crippen molar-refractivity contribution in [3.05, 3.63) is 64.9 Å². The highest BCUT2D eigenvalue weighted by atomic mass is 35.5. The van der Waals surface area contributed by atoms with E-state index in [0.717, 1.165) is 24.0 Å². The van der Waals surface area contributed by atoms with E-state index >= 15 is 0 Å². The maximum absolute atomic E-state index is 12.6. The van der Waals surface area contributed by atoms with Crippen LogP contribution in [-0.2, 0) is 17.8 Å². The van der Waals surface area contributed by atoms with Crippen molar-refractivity contribution in [1.29, 1.82) is 0 Å². The minimum atomic E-state index is 0.134. The zero-order valence-electron chi connectivity index (χ0n) is 11.7. The highest BCUT2D eigenvalue weighted by molar-refractivity contribution is 6.31.